The summed E-state index contributed by atoms with van der Waals surface area (Å²) < 4.78 is 0. The number of nitrogens with one attached hydrogen (secondary N) is 1. The van der Waals surface area contributed by atoms with Crippen molar-refractivity contribution >= 4 is 22.7 Å². The molecule has 0 aliphatic carbocycles. The molecule has 20 heavy (non-hydrogen) atoms. The van der Waals surface area contributed by atoms with E-state index in [0.717, 1.165) is 6.42 Å². The molecule has 0 saturated carbocycles. The van der Waals surface area contributed by atoms with Crippen molar-refractivity contribution in [3.8, 4) is 6.07 Å². The van der Waals surface area contributed by atoms with Crippen molar-refractivity contribution in [2.45, 2.75) is 19.9 Å². The van der Waals surface area contributed by atoms with Crippen LogP contribution in [0, 0.1) is 21.4 Å². The van der Waals surface area contributed by atoms with Crippen LogP contribution in [0.5, 0.6) is 0 Å². The monoisotopic (exact) mass is 287 g/mol. The second-order valence-electron chi connectivity index (χ2n) is 4.18. The minimum absolute atomic E-state index is 0.0712. The molecule has 5 nitrogen and oxygen atoms in total. The van der Waals surface area contributed by atoms with Crippen molar-refractivity contribution in [3.63, 3.8) is 0 Å². The number of benzene rings is 1. The molecule has 1 heterocycles. The summed E-state index contributed by atoms with van der Waals surface area (Å²) in [7, 11) is 0. The summed E-state index contributed by atoms with van der Waals surface area (Å²) in [4.78, 5) is 11.5. The normalized spacial score (nSPS) is 10.0. The molecular formula is C14H13N3O2S. The van der Waals surface area contributed by atoms with Gasteiger partial charge in [-0.2, -0.15) is 5.26 Å². The third-order valence-electron chi connectivity index (χ3n) is 2.99. The molecule has 0 aliphatic rings. The van der Waals surface area contributed by atoms with E-state index in [-0.39, 0.29) is 11.3 Å². The molecule has 1 N–H and O–H groups in total. The van der Waals surface area contributed by atoms with Crippen molar-refractivity contribution in [2.75, 3.05) is 5.32 Å². The lowest BCUT2D eigenvalue weighted by Gasteiger charge is -2.07. The minimum atomic E-state index is -0.545. The molecule has 0 unspecified atom stereocenters. The zero-order valence-electron chi connectivity index (χ0n) is 10.9. The minimum Gasteiger partial charge on any atom is -0.380 e. The Morgan fingerprint density at radius 1 is 1.45 bits per heavy atom. The Morgan fingerprint density at radius 3 is 2.90 bits per heavy atom. The molecular weight excluding hydrogens is 274 g/mol. The van der Waals surface area contributed by atoms with Crippen LogP contribution in [0.15, 0.2) is 29.6 Å². The van der Waals surface area contributed by atoms with Gasteiger partial charge in [0.2, 0.25) is 0 Å². The molecule has 0 saturated heterocycles. The van der Waals surface area contributed by atoms with Crippen LogP contribution in [0.2, 0.25) is 0 Å². The van der Waals surface area contributed by atoms with Crippen molar-refractivity contribution in [1.29, 1.82) is 5.26 Å². The molecule has 6 heteroatoms. The number of thiophene rings is 1. The lowest BCUT2D eigenvalue weighted by Crippen LogP contribution is -2.01. The maximum absolute atomic E-state index is 10.8. The number of nitrogens with zero attached hydrogens (tertiary/aromatic N) is 2. The molecule has 102 valence electrons. The summed E-state index contributed by atoms with van der Waals surface area (Å²) >= 11 is 1.68. The van der Waals surface area contributed by atoms with E-state index in [9.17, 15) is 10.1 Å². The Labute approximate surface area is 120 Å². The maximum atomic E-state index is 10.8. The van der Waals surface area contributed by atoms with E-state index in [1.54, 1.807) is 17.4 Å². The number of aryl methyl sites for hydroxylation is 1. The van der Waals surface area contributed by atoms with Gasteiger partial charge in [0.1, 0.15) is 11.6 Å². The van der Waals surface area contributed by atoms with Gasteiger partial charge in [-0.3, -0.25) is 10.1 Å². The Hall–Kier alpha value is -2.39. The van der Waals surface area contributed by atoms with Crippen molar-refractivity contribution < 1.29 is 4.92 Å². The highest BCUT2D eigenvalue weighted by Crippen LogP contribution is 2.23. The van der Waals surface area contributed by atoms with Crippen LogP contribution in [0.4, 0.5) is 11.4 Å². The van der Waals surface area contributed by atoms with E-state index in [2.05, 4.69) is 18.3 Å². The number of hydrogen-bond donors (Lipinski definition) is 1. The predicted octanol–water partition coefficient (Wildman–Crippen LogP) is 3.70. The summed E-state index contributed by atoms with van der Waals surface area (Å²) in [6.45, 7) is 2.76. The second-order valence-corrected chi connectivity index (χ2v) is 5.18. The molecule has 1 aromatic heterocycles. The molecule has 0 amide bonds. The number of hydrogen-bond acceptors (Lipinski definition) is 5. The first-order valence-corrected chi connectivity index (χ1v) is 7.01. The molecule has 0 radical (unpaired) electrons. The van der Waals surface area contributed by atoms with E-state index in [0.29, 0.717) is 12.2 Å². The fourth-order valence-corrected chi connectivity index (χ4v) is 2.83. The van der Waals surface area contributed by atoms with Gasteiger partial charge in [0.05, 0.1) is 4.92 Å². The maximum Gasteiger partial charge on any atom is 0.287 e. The zero-order chi connectivity index (χ0) is 14.5. The van der Waals surface area contributed by atoms with Crippen molar-refractivity contribution in [3.05, 3.63) is 55.8 Å². The molecule has 0 atom stereocenters. The summed E-state index contributed by atoms with van der Waals surface area (Å²) in [5.41, 5.74) is 1.91. The van der Waals surface area contributed by atoms with E-state index in [1.807, 2.05) is 11.4 Å². The molecule has 2 rings (SSSR count). The lowest BCUT2D eigenvalue weighted by atomic mass is 10.1. The molecule has 2 aromatic rings. The third-order valence-corrected chi connectivity index (χ3v) is 3.95. The van der Waals surface area contributed by atoms with E-state index in [4.69, 9.17) is 5.26 Å². The second kappa shape index (κ2) is 6.17. The largest absolute Gasteiger partial charge is 0.380 e. The predicted molar refractivity (Wildman–Crippen MR) is 78.8 cm³/mol. The Bertz CT molecular complexity index is 673. The van der Waals surface area contributed by atoms with Gasteiger partial charge in [-0.1, -0.05) is 6.92 Å². The van der Waals surface area contributed by atoms with Gasteiger partial charge in [-0.05, 0) is 35.6 Å². The third kappa shape index (κ3) is 2.95. The highest BCUT2D eigenvalue weighted by Gasteiger charge is 2.13. The van der Waals surface area contributed by atoms with Gasteiger partial charge >= 0.3 is 0 Å². The first kappa shape index (κ1) is 14.0. The van der Waals surface area contributed by atoms with Crippen LogP contribution in [-0.2, 0) is 13.0 Å². The molecule has 0 fully saturated rings. The topological polar surface area (TPSA) is 79.0 Å². The van der Waals surface area contributed by atoms with Gasteiger partial charge < -0.3 is 5.32 Å². The van der Waals surface area contributed by atoms with Crippen molar-refractivity contribution in [1.82, 2.24) is 0 Å². The Morgan fingerprint density at radius 2 is 2.25 bits per heavy atom. The van der Waals surface area contributed by atoms with Gasteiger partial charge in [-0.15, -0.1) is 11.3 Å². The van der Waals surface area contributed by atoms with E-state index < -0.39 is 4.92 Å². The Kier molecular flexibility index (Phi) is 4.33. The van der Waals surface area contributed by atoms with Crippen LogP contribution in [-0.4, -0.2) is 4.92 Å². The quantitative estimate of drug-likeness (QED) is 0.671. The number of nitro benzene ring substituents is 1. The number of nitriles is 1. The molecule has 0 spiro atoms. The van der Waals surface area contributed by atoms with E-state index in [1.165, 1.54) is 22.6 Å². The average Bonchev–Trinajstić information content (AvgIpc) is 2.92. The molecule has 0 aliphatic heterocycles. The lowest BCUT2D eigenvalue weighted by molar-refractivity contribution is -0.385. The van der Waals surface area contributed by atoms with Gasteiger partial charge in [-0.25, -0.2) is 0 Å². The summed E-state index contributed by atoms with van der Waals surface area (Å²) in [5.74, 6) is 0. The highest BCUT2D eigenvalue weighted by molar-refractivity contribution is 7.10. The summed E-state index contributed by atoms with van der Waals surface area (Å²) in [6.07, 6.45) is 0.976. The first-order chi connectivity index (χ1) is 9.65. The van der Waals surface area contributed by atoms with Gasteiger partial charge in [0.25, 0.3) is 5.69 Å². The number of nitro groups is 1. The van der Waals surface area contributed by atoms with Crippen LogP contribution in [0.3, 0.4) is 0 Å². The van der Waals surface area contributed by atoms with Crippen LogP contribution >= 0.6 is 11.3 Å². The van der Waals surface area contributed by atoms with Crippen LogP contribution in [0.25, 0.3) is 0 Å². The fourth-order valence-electron chi connectivity index (χ4n) is 1.91. The van der Waals surface area contributed by atoms with E-state index >= 15 is 0 Å². The summed E-state index contributed by atoms with van der Waals surface area (Å²) in [5, 5.41) is 24.9. The SMILES string of the molecule is CCc1ccsc1CNc1ccc([N+](=O)[O-])c(C#N)c1. The highest BCUT2D eigenvalue weighted by atomic mass is 32.1. The molecule has 0 bridgehead atoms. The standard InChI is InChI=1S/C14H13N3O2S/c1-2-10-5-6-20-14(10)9-16-12-3-4-13(17(18)19)11(7-12)8-15/h3-7,16H,2,9H2,1H3. The average molecular weight is 287 g/mol. The van der Waals surface area contributed by atoms with Crippen molar-refractivity contribution in [2.24, 2.45) is 0 Å². The van der Waals surface area contributed by atoms with Crippen LogP contribution < -0.4 is 5.32 Å². The zero-order valence-corrected chi connectivity index (χ0v) is 11.7. The first-order valence-electron chi connectivity index (χ1n) is 6.13. The number of anilines is 1. The fraction of sp³-hybridized carbons (Fsp3) is 0.214. The van der Waals surface area contributed by atoms with Gasteiger partial charge in [0, 0.05) is 23.2 Å². The summed E-state index contributed by atoms with van der Waals surface area (Å²) in [6, 6.07) is 8.44. The smallest absolute Gasteiger partial charge is 0.287 e. The van der Waals surface area contributed by atoms with Gasteiger partial charge in [0.15, 0.2) is 0 Å². The number of rotatable bonds is 5. The Balaban J connectivity index is 2.15. The molecule has 1 aromatic carbocycles. The van der Waals surface area contributed by atoms with Crippen LogP contribution in [0.1, 0.15) is 22.9 Å².